The Kier molecular flexibility index (Phi) is 14.9. The monoisotopic (exact) mass is 457 g/mol. The summed E-state index contributed by atoms with van der Waals surface area (Å²) >= 11 is 0. The van der Waals surface area contributed by atoms with E-state index in [0.717, 1.165) is 0 Å². The van der Waals surface area contributed by atoms with Gasteiger partial charge in [0.2, 0.25) is 11.8 Å². The summed E-state index contributed by atoms with van der Waals surface area (Å²) in [5.74, 6) is 1.71. The molecule has 0 aliphatic rings. The molecule has 0 spiro atoms. The Hall–Kier alpha value is -2.50. The van der Waals surface area contributed by atoms with Crippen LogP contribution in [0.3, 0.4) is 0 Å². The SMILES string of the molecule is CC(=O)COCC(=O)CC(C)C(=O)NC(C)C(=O)CC(C)C(=O)NCCCC(=O)CON. The number of amides is 2. The molecule has 0 rings (SSSR count). The fourth-order valence-electron chi connectivity index (χ4n) is 2.65. The van der Waals surface area contributed by atoms with Gasteiger partial charge in [0.25, 0.3) is 0 Å². The summed E-state index contributed by atoms with van der Waals surface area (Å²) in [4.78, 5) is 74.8. The molecule has 0 saturated heterocycles. The van der Waals surface area contributed by atoms with Gasteiger partial charge in [-0.15, -0.1) is 0 Å². The zero-order valence-corrected chi connectivity index (χ0v) is 19.2. The Balaban J connectivity index is 4.29. The van der Waals surface area contributed by atoms with Gasteiger partial charge in [0.1, 0.15) is 19.8 Å². The number of carbonyl (C=O) groups is 6. The van der Waals surface area contributed by atoms with E-state index >= 15 is 0 Å². The van der Waals surface area contributed by atoms with Crippen molar-refractivity contribution in [3.63, 3.8) is 0 Å². The molecule has 11 heteroatoms. The normalized spacial score (nSPS) is 13.5. The van der Waals surface area contributed by atoms with Crippen molar-refractivity contribution in [3.05, 3.63) is 0 Å². The third kappa shape index (κ3) is 13.7. The second-order valence-electron chi connectivity index (χ2n) is 7.88. The van der Waals surface area contributed by atoms with Crippen molar-refractivity contribution in [3.8, 4) is 0 Å². The van der Waals surface area contributed by atoms with Gasteiger partial charge in [0.05, 0.1) is 6.04 Å². The van der Waals surface area contributed by atoms with Crippen LogP contribution in [0.1, 0.15) is 53.4 Å². The lowest BCUT2D eigenvalue weighted by atomic mass is 9.98. The van der Waals surface area contributed by atoms with E-state index in [9.17, 15) is 28.8 Å². The topological polar surface area (TPSA) is 171 Å². The Morgan fingerprint density at radius 1 is 0.844 bits per heavy atom. The highest BCUT2D eigenvalue weighted by atomic mass is 16.6. The fraction of sp³-hybridized carbons (Fsp3) is 0.714. The lowest BCUT2D eigenvalue weighted by Gasteiger charge is -2.18. The summed E-state index contributed by atoms with van der Waals surface area (Å²) in [7, 11) is 0. The number of nitrogens with two attached hydrogens (primary N) is 1. The van der Waals surface area contributed by atoms with Gasteiger partial charge >= 0.3 is 0 Å². The predicted molar refractivity (Wildman–Crippen MR) is 114 cm³/mol. The minimum absolute atomic E-state index is 0.0700. The van der Waals surface area contributed by atoms with Gasteiger partial charge in [-0.3, -0.25) is 33.6 Å². The molecule has 0 aliphatic carbocycles. The summed E-state index contributed by atoms with van der Waals surface area (Å²) < 4.78 is 4.93. The molecule has 0 heterocycles. The number of hydrogen-bond acceptors (Lipinski definition) is 9. The molecule has 0 fully saturated rings. The molecule has 0 aliphatic heterocycles. The maximum Gasteiger partial charge on any atom is 0.223 e. The largest absolute Gasteiger partial charge is 0.366 e. The van der Waals surface area contributed by atoms with Crippen LogP contribution in [0.5, 0.6) is 0 Å². The van der Waals surface area contributed by atoms with Crippen LogP contribution in [-0.2, 0) is 38.3 Å². The van der Waals surface area contributed by atoms with Gasteiger partial charge in [-0.25, -0.2) is 5.90 Å². The van der Waals surface area contributed by atoms with Crippen LogP contribution in [0, 0.1) is 11.8 Å². The first kappa shape index (κ1) is 29.5. The first-order valence-electron chi connectivity index (χ1n) is 10.5. The van der Waals surface area contributed by atoms with Crippen LogP contribution in [0.4, 0.5) is 0 Å². The third-order valence-corrected chi connectivity index (χ3v) is 4.52. The zero-order chi connectivity index (χ0) is 24.7. The number of carbonyl (C=O) groups excluding carboxylic acids is 6. The highest BCUT2D eigenvalue weighted by Gasteiger charge is 2.24. The smallest absolute Gasteiger partial charge is 0.223 e. The lowest BCUT2D eigenvalue weighted by molar-refractivity contribution is -0.134. The van der Waals surface area contributed by atoms with Crippen LogP contribution in [0.25, 0.3) is 0 Å². The molecule has 182 valence electrons. The van der Waals surface area contributed by atoms with E-state index in [4.69, 9.17) is 10.6 Å². The second-order valence-corrected chi connectivity index (χ2v) is 7.88. The number of rotatable bonds is 18. The summed E-state index contributed by atoms with van der Waals surface area (Å²) in [6.07, 6.45) is 0.498. The minimum atomic E-state index is -0.821. The number of hydrogen-bond donors (Lipinski definition) is 3. The molecule has 0 bridgehead atoms. The van der Waals surface area contributed by atoms with Crippen LogP contribution >= 0.6 is 0 Å². The van der Waals surface area contributed by atoms with Crippen molar-refractivity contribution in [2.75, 3.05) is 26.4 Å². The summed E-state index contributed by atoms with van der Waals surface area (Å²) in [6.45, 7) is 5.68. The summed E-state index contributed by atoms with van der Waals surface area (Å²) in [6, 6.07) is -0.821. The van der Waals surface area contributed by atoms with Crippen molar-refractivity contribution in [1.82, 2.24) is 10.6 Å². The number of nitrogens with one attached hydrogen (secondary N) is 2. The Labute approximate surface area is 188 Å². The Morgan fingerprint density at radius 2 is 1.47 bits per heavy atom. The molecule has 32 heavy (non-hydrogen) atoms. The molecule has 0 aromatic carbocycles. The minimum Gasteiger partial charge on any atom is -0.366 e. The van der Waals surface area contributed by atoms with Gasteiger partial charge in [0, 0.05) is 37.6 Å². The van der Waals surface area contributed by atoms with Crippen molar-refractivity contribution in [2.24, 2.45) is 17.7 Å². The quantitative estimate of drug-likeness (QED) is 0.184. The van der Waals surface area contributed by atoms with Crippen molar-refractivity contribution in [2.45, 2.75) is 59.4 Å². The van der Waals surface area contributed by atoms with Crippen molar-refractivity contribution in [1.29, 1.82) is 0 Å². The van der Waals surface area contributed by atoms with E-state index in [2.05, 4.69) is 15.5 Å². The first-order chi connectivity index (χ1) is 15.0. The van der Waals surface area contributed by atoms with Crippen molar-refractivity contribution < 1.29 is 38.3 Å². The van der Waals surface area contributed by atoms with E-state index in [0.29, 0.717) is 6.42 Å². The molecule has 0 aromatic heterocycles. The van der Waals surface area contributed by atoms with Gasteiger partial charge in [-0.05, 0) is 20.3 Å². The molecule has 11 nitrogen and oxygen atoms in total. The van der Waals surface area contributed by atoms with E-state index < -0.39 is 23.8 Å². The predicted octanol–water partition coefficient (Wildman–Crippen LogP) is -0.357. The molecule has 0 saturated carbocycles. The maximum atomic E-state index is 12.4. The second kappa shape index (κ2) is 16.2. The maximum absolute atomic E-state index is 12.4. The molecule has 3 atom stereocenters. The highest BCUT2D eigenvalue weighted by Crippen LogP contribution is 2.08. The molecule has 0 aromatic rings. The molecular formula is C21H35N3O8. The van der Waals surface area contributed by atoms with Gasteiger partial charge in [-0.1, -0.05) is 13.8 Å². The van der Waals surface area contributed by atoms with Crippen LogP contribution in [0.2, 0.25) is 0 Å². The van der Waals surface area contributed by atoms with E-state index in [-0.39, 0.29) is 74.7 Å². The number of ether oxygens (including phenoxy) is 1. The van der Waals surface area contributed by atoms with Gasteiger partial charge in [-0.2, -0.15) is 0 Å². The molecule has 4 N–H and O–H groups in total. The third-order valence-electron chi connectivity index (χ3n) is 4.52. The number of Topliss-reactive ketones (excluding diaryl/α,β-unsaturated/α-hetero) is 4. The van der Waals surface area contributed by atoms with E-state index in [1.807, 2.05) is 0 Å². The van der Waals surface area contributed by atoms with E-state index in [1.54, 1.807) is 13.8 Å². The molecule has 2 amide bonds. The highest BCUT2D eigenvalue weighted by molar-refractivity contribution is 5.93. The number of ketones is 4. The van der Waals surface area contributed by atoms with Gasteiger partial charge in [0.15, 0.2) is 23.1 Å². The van der Waals surface area contributed by atoms with E-state index in [1.165, 1.54) is 13.8 Å². The van der Waals surface area contributed by atoms with Crippen LogP contribution < -0.4 is 16.5 Å². The zero-order valence-electron chi connectivity index (χ0n) is 19.2. The average Bonchev–Trinajstić information content (AvgIpc) is 2.70. The van der Waals surface area contributed by atoms with Crippen LogP contribution in [0.15, 0.2) is 0 Å². The fourth-order valence-corrected chi connectivity index (χ4v) is 2.65. The Morgan fingerprint density at radius 3 is 2.06 bits per heavy atom. The van der Waals surface area contributed by atoms with Crippen molar-refractivity contribution >= 4 is 34.9 Å². The van der Waals surface area contributed by atoms with Crippen LogP contribution in [-0.4, -0.2) is 67.4 Å². The average molecular weight is 458 g/mol. The van der Waals surface area contributed by atoms with Gasteiger partial charge < -0.3 is 15.4 Å². The molecule has 3 unspecified atom stereocenters. The molecular weight excluding hydrogens is 422 g/mol. The first-order valence-corrected chi connectivity index (χ1v) is 10.5. The lowest BCUT2D eigenvalue weighted by Crippen LogP contribution is -2.43. The Bertz CT molecular complexity index is 680. The summed E-state index contributed by atoms with van der Waals surface area (Å²) in [5, 5.41) is 5.21. The standard InChI is InChI=1S/C21H35N3O8/c1-13(8-18(27)11-31-10-15(3)25)21(30)24-16(4)19(28)9-14(2)20(29)23-7-5-6-17(26)12-32-22/h13-14,16H,5-12,22H2,1-4H3,(H,23,29)(H,24,30). The summed E-state index contributed by atoms with van der Waals surface area (Å²) in [5.41, 5.74) is 0. The molecule has 0 radical (unpaired) electrons.